The lowest BCUT2D eigenvalue weighted by molar-refractivity contribution is 0.107. The van der Waals surface area contributed by atoms with Gasteiger partial charge in [-0.15, -0.1) is 0 Å². The maximum atomic E-state index is 10.2. The molecule has 0 aliphatic carbocycles. The van der Waals surface area contributed by atoms with Crippen LogP contribution in [0.2, 0.25) is 0 Å². The molecule has 0 aromatic heterocycles. The number of ether oxygens (including phenoxy) is 1. The molecular formula is C17H18BrNO2. The van der Waals surface area contributed by atoms with E-state index in [1.807, 2.05) is 49.5 Å². The summed E-state index contributed by atoms with van der Waals surface area (Å²) in [5, 5.41) is 10.2. The molecule has 0 spiro atoms. The fourth-order valence-electron chi connectivity index (χ4n) is 2.66. The Morgan fingerprint density at radius 2 is 2.14 bits per heavy atom. The smallest absolute Gasteiger partial charge is 0.120 e. The summed E-state index contributed by atoms with van der Waals surface area (Å²) in [6.07, 6.45) is -0.437. The fraction of sp³-hybridized carbons (Fsp3) is 0.294. The lowest BCUT2D eigenvalue weighted by Gasteiger charge is -2.29. The summed E-state index contributed by atoms with van der Waals surface area (Å²) in [5.41, 5.74) is 3.27. The molecule has 0 amide bonds. The second-order valence-corrected chi connectivity index (χ2v) is 6.41. The lowest BCUT2D eigenvalue weighted by atomic mass is 9.97. The summed E-state index contributed by atoms with van der Waals surface area (Å²) in [4.78, 5) is 2.12. The van der Waals surface area contributed by atoms with E-state index in [4.69, 9.17) is 4.74 Å². The van der Waals surface area contributed by atoms with Crippen molar-refractivity contribution in [2.24, 2.45) is 0 Å². The van der Waals surface area contributed by atoms with Crippen molar-refractivity contribution in [2.45, 2.75) is 19.3 Å². The van der Waals surface area contributed by atoms with Gasteiger partial charge in [0.15, 0.2) is 0 Å². The number of aliphatic hydroxyl groups is 1. The third-order valence-corrected chi connectivity index (χ3v) is 4.19. The van der Waals surface area contributed by atoms with Crippen LogP contribution in [0.25, 0.3) is 0 Å². The van der Waals surface area contributed by atoms with Gasteiger partial charge in [0, 0.05) is 17.6 Å². The van der Waals surface area contributed by atoms with Crippen LogP contribution in [0.1, 0.15) is 22.8 Å². The molecule has 2 aromatic carbocycles. The quantitative estimate of drug-likeness (QED) is 0.922. The van der Waals surface area contributed by atoms with Gasteiger partial charge in [0.05, 0.1) is 6.10 Å². The number of aliphatic hydroxyl groups excluding tert-OH is 1. The summed E-state index contributed by atoms with van der Waals surface area (Å²) in [6, 6.07) is 14.1. The first kappa shape index (κ1) is 14.6. The Hall–Kier alpha value is -1.36. The largest absolute Gasteiger partial charge is 0.489 e. The molecule has 0 unspecified atom stereocenters. The summed E-state index contributed by atoms with van der Waals surface area (Å²) >= 11 is 3.46. The van der Waals surface area contributed by atoms with Crippen LogP contribution in [-0.2, 0) is 13.2 Å². The first-order chi connectivity index (χ1) is 10.1. The van der Waals surface area contributed by atoms with Gasteiger partial charge >= 0.3 is 0 Å². The minimum Gasteiger partial charge on any atom is -0.489 e. The third-order valence-electron chi connectivity index (χ3n) is 3.70. The second kappa shape index (κ2) is 6.18. The zero-order valence-corrected chi connectivity index (χ0v) is 13.5. The van der Waals surface area contributed by atoms with E-state index in [2.05, 4.69) is 20.8 Å². The Balaban J connectivity index is 1.74. The molecule has 1 atom stereocenters. The number of hydrogen-bond acceptors (Lipinski definition) is 3. The molecule has 1 N–H and O–H groups in total. The van der Waals surface area contributed by atoms with Crippen molar-refractivity contribution >= 4 is 15.9 Å². The highest BCUT2D eigenvalue weighted by Gasteiger charge is 2.21. The van der Waals surface area contributed by atoms with Gasteiger partial charge in [-0.3, -0.25) is 4.90 Å². The van der Waals surface area contributed by atoms with Gasteiger partial charge < -0.3 is 9.84 Å². The first-order valence-corrected chi connectivity index (χ1v) is 7.78. The molecule has 0 saturated heterocycles. The first-order valence-electron chi connectivity index (χ1n) is 6.98. The molecule has 0 bridgehead atoms. The number of nitrogens with zero attached hydrogens (tertiary/aromatic N) is 1. The van der Waals surface area contributed by atoms with Crippen LogP contribution in [0.15, 0.2) is 46.9 Å². The van der Waals surface area contributed by atoms with Crippen molar-refractivity contribution in [1.29, 1.82) is 0 Å². The number of likely N-dealkylation sites (N-methyl/N-ethyl adjacent to an activating group) is 1. The number of fused-ring (bicyclic) bond motifs is 1. The molecule has 4 heteroatoms. The van der Waals surface area contributed by atoms with E-state index in [1.165, 1.54) is 5.56 Å². The Labute approximate surface area is 133 Å². The minimum atomic E-state index is -0.437. The Morgan fingerprint density at radius 1 is 1.29 bits per heavy atom. The topological polar surface area (TPSA) is 32.7 Å². The van der Waals surface area contributed by atoms with E-state index in [9.17, 15) is 5.11 Å². The Bertz CT molecular complexity index is 644. The molecule has 0 radical (unpaired) electrons. The highest BCUT2D eigenvalue weighted by Crippen LogP contribution is 2.29. The highest BCUT2D eigenvalue weighted by molar-refractivity contribution is 9.10. The predicted octanol–water partition coefficient (Wildman–Crippen LogP) is 3.51. The number of hydrogen-bond donors (Lipinski definition) is 1. The standard InChI is InChI=1S/C17H18BrNO2/c1-19-9-13-5-6-15(8-16(13)17(20)10-19)21-11-12-3-2-4-14(18)7-12/h2-8,17,20H,9-11H2,1H3/t17-/m0/s1. The van der Waals surface area contributed by atoms with Crippen LogP contribution in [0.4, 0.5) is 0 Å². The van der Waals surface area contributed by atoms with Crippen molar-refractivity contribution in [3.8, 4) is 5.75 Å². The SMILES string of the molecule is CN1Cc2ccc(OCc3cccc(Br)c3)cc2[C@@H](O)C1. The van der Waals surface area contributed by atoms with Gasteiger partial charge in [0.2, 0.25) is 0 Å². The maximum absolute atomic E-state index is 10.2. The molecule has 1 aliphatic rings. The zero-order chi connectivity index (χ0) is 14.8. The average Bonchev–Trinajstić information content (AvgIpc) is 2.45. The molecule has 1 heterocycles. The Kier molecular flexibility index (Phi) is 4.29. The van der Waals surface area contributed by atoms with Crippen molar-refractivity contribution < 1.29 is 9.84 Å². The van der Waals surface area contributed by atoms with E-state index in [0.717, 1.165) is 27.9 Å². The van der Waals surface area contributed by atoms with E-state index in [-0.39, 0.29) is 0 Å². The van der Waals surface area contributed by atoms with E-state index >= 15 is 0 Å². The van der Waals surface area contributed by atoms with Crippen LogP contribution in [0.3, 0.4) is 0 Å². The van der Waals surface area contributed by atoms with Gasteiger partial charge in [0.1, 0.15) is 12.4 Å². The Morgan fingerprint density at radius 3 is 2.95 bits per heavy atom. The summed E-state index contributed by atoms with van der Waals surface area (Å²) < 4.78 is 6.89. The number of halogens is 1. The molecule has 110 valence electrons. The van der Waals surface area contributed by atoms with Gasteiger partial charge in [-0.2, -0.15) is 0 Å². The van der Waals surface area contributed by atoms with Gasteiger partial charge in [-0.25, -0.2) is 0 Å². The molecular weight excluding hydrogens is 330 g/mol. The van der Waals surface area contributed by atoms with Crippen molar-refractivity contribution in [2.75, 3.05) is 13.6 Å². The fourth-order valence-corrected chi connectivity index (χ4v) is 3.11. The number of benzene rings is 2. The van der Waals surface area contributed by atoms with Gasteiger partial charge in [-0.05, 0) is 48.0 Å². The van der Waals surface area contributed by atoms with Crippen LogP contribution in [0, 0.1) is 0 Å². The summed E-state index contributed by atoms with van der Waals surface area (Å²) in [7, 11) is 2.02. The summed E-state index contributed by atoms with van der Waals surface area (Å²) in [6.45, 7) is 2.06. The van der Waals surface area contributed by atoms with Crippen LogP contribution >= 0.6 is 15.9 Å². The number of rotatable bonds is 3. The van der Waals surface area contributed by atoms with Crippen LogP contribution < -0.4 is 4.74 Å². The highest BCUT2D eigenvalue weighted by atomic mass is 79.9. The maximum Gasteiger partial charge on any atom is 0.120 e. The minimum absolute atomic E-state index is 0.437. The second-order valence-electron chi connectivity index (χ2n) is 5.49. The third kappa shape index (κ3) is 3.46. The monoisotopic (exact) mass is 347 g/mol. The average molecular weight is 348 g/mol. The van der Waals surface area contributed by atoms with Crippen molar-refractivity contribution in [1.82, 2.24) is 4.90 Å². The van der Waals surface area contributed by atoms with Crippen LogP contribution in [-0.4, -0.2) is 23.6 Å². The molecule has 21 heavy (non-hydrogen) atoms. The van der Waals surface area contributed by atoms with Crippen molar-refractivity contribution in [3.05, 3.63) is 63.6 Å². The number of β-amino-alcohol motifs (C(OH)–C–C–N with tert-alkyl or cyclic N) is 1. The van der Waals surface area contributed by atoms with Crippen molar-refractivity contribution in [3.63, 3.8) is 0 Å². The lowest BCUT2D eigenvalue weighted by Crippen LogP contribution is -2.30. The van der Waals surface area contributed by atoms with Crippen LogP contribution in [0.5, 0.6) is 5.75 Å². The zero-order valence-electron chi connectivity index (χ0n) is 11.9. The van der Waals surface area contributed by atoms with Gasteiger partial charge in [0.25, 0.3) is 0 Å². The molecule has 0 saturated carbocycles. The van der Waals surface area contributed by atoms with E-state index < -0.39 is 6.10 Å². The molecule has 1 aliphatic heterocycles. The predicted molar refractivity (Wildman–Crippen MR) is 86.2 cm³/mol. The normalized spacial score (nSPS) is 18.3. The van der Waals surface area contributed by atoms with E-state index in [1.54, 1.807) is 0 Å². The summed E-state index contributed by atoms with van der Waals surface area (Å²) in [5.74, 6) is 0.803. The molecule has 0 fully saturated rings. The van der Waals surface area contributed by atoms with E-state index in [0.29, 0.717) is 13.2 Å². The molecule has 2 aromatic rings. The molecule has 3 nitrogen and oxygen atoms in total. The molecule has 3 rings (SSSR count). The van der Waals surface area contributed by atoms with Gasteiger partial charge in [-0.1, -0.05) is 34.1 Å².